The molecule has 1 N–H and O–H groups in total. The Kier molecular flexibility index (Phi) is 5.33. The van der Waals surface area contributed by atoms with Crippen molar-refractivity contribution in [2.24, 2.45) is 0 Å². The van der Waals surface area contributed by atoms with E-state index >= 15 is 0 Å². The number of hydrogen-bond donors (Lipinski definition) is 1. The first kappa shape index (κ1) is 15.5. The molecule has 21 heavy (non-hydrogen) atoms. The van der Waals surface area contributed by atoms with Crippen LogP contribution in [0.4, 0.5) is 0 Å². The monoisotopic (exact) mass is 290 g/mol. The second-order valence-electron chi connectivity index (χ2n) is 5.23. The molecule has 1 unspecified atom stereocenters. The lowest BCUT2D eigenvalue weighted by Gasteiger charge is -2.24. The average molecular weight is 290 g/mol. The summed E-state index contributed by atoms with van der Waals surface area (Å²) in [6.45, 7) is 4.12. The number of nitrogens with zero attached hydrogens (tertiary/aromatic N) is 2. The molecule has 1 aromatic carbocycles. The molecule has 0 aliphatic carbocycles. The second-order valence-corrected chi connectivity index (χ2v) is 5.23. The highest BCUT2D eigenvalue weighted by molar-refractivity contribution is 5.82. The number of hydrogen-bond acceptors (Lipinski definition) is 3. The maximum atomic E-state index is 12.4. The molecule has 0 saturated carbocycles. The van der Waals surface area contributed by atoms with Crippen molar-refractivity contribution in [3.05, 3.63) is 35.9 Å². The van der Waals surface area contributed by atoms with Crippen LogP contribution in [0.2, 0.25) is 0 Å². The van der Waals surface area contributed by atoms with Crippen molar-refractivity contribution in [2.45, 2.75) is 25.9 Å². The largest absolute Gasteiger partial charge is 0.378 e. The quantitative estimate of drug-likeness (QED) is 0.909. The first-order valence-corrected chi connectivity index (χ1v) is 7.43. The molecule has 2 rings (SSSR count). The summed E-state index contributed by atoms with van der Waals surface area (Å²) in [5, 5.41) is 10.2. The summed E-state index contributed by atoms with van der Waals surface area (Å²) in [7, 11) is 0. The van der Waals surface area contributed by atoms with Gasteiger partial charge in [-0.2, -0.15) is 0 Å². The lowest BCUT2D eigenvalue weighted by atomic mass is 10.1. The van der Waals surface area contributed by atoms with Crippen molar-refractivity contribution in [3.63, 3.8) is 0 Å². The normalized spacial score (nSPS) is 17.2. The van der Waals surface area contributed by atoms with Crippen LogP contribution in [0.25, 0.3) is 0 Å². The third-order valence-corrected chi connectivity index (χ3v) is 3.81. The third-order valence-electron chi connectivity index (χ3n) is 3.81. The van der Waals surface area contributed by atoms with Crippen LogP contribution in [0.5, 0.6) is 0 Å². The molecular weight excluding hydrogens is 268 g/mol. The fraction of sp³-hybridized carbons (Fsp3) is 0.500. The molecule has 1 aliphatic heterocycles. The Balaban J connectivity index is 1.99. The van der Waals surface area contributed by atoms with Crippen LogP contribution in [0.3, 0.4) is 0 Å². The van der Waals surface area contributed by atoms with Gasteiger partial charge in [-0.05, 0) is 12.0 Å². The summed E-state index contributed by atoms with van der Waals surface area (Å²) < 4.78 is 0. The van der Waals surface area contributed by atoms with Crippen LogP contribution in [-0.4, -0.2) is 52.9 Å². The van der Waals surface area contributed by atoms with Crippen molar-refractivity contribution in [2.75, 3.05) is 26.2 Å². The van der Waals surface area contributed by atoms with Gasteiger partial charge in [0, 0.05) is 32.6 Å². The van der Waals surface area contributed by atoms with Crippen LogP contribution < -0.4 is 0 Å². The zero-order chi connectivity index (χ0) is 15.2. The number of amides is 2. The molecule has 1 saturated heterocycles. The van der Waals surface area contributed by atoms with Gasteiger partial charge in [-0.25, -0.2) is 0 Å². The number of aliphatic hydroxyl groups is 1. The Morgan fingerprint density at radius 1 is 1.10 bits per heavy atom. The van der Waals surface area contributed by atoms with Gasteiger partial charge in [0.15, 0.2) is 6.10 Å². The van der Waals surface area contributed by atoms with Crippen LogP contribution in [0.15, 0.2) is 30.3 Å². The Hall–Kier alpha value is -1.88. The van der Waals surface area contributed by atoms with Gasteiger partial charge in [0.1, 0.15) is 0 Å². The predicted octanol–water partition coefficient (Wildman–Crippen LogP) is 1.19. The Morgan fingerprint density at radius 2 is 1.71 bits per heavy atom. The van der Waals surface area contributed by atoms with E-state index in [2.05, 4.69) is 0 Å². The number of carbonyl (C=O) groups is 2. The van der Waals surface area contributed by atoms with Crippen molar-refractivity contribution < 1.29 is 14.7 Å². The smallest absolute Gasteiger partial charge is 0.256 e. The Bertz CT molecular complexity index is 490. The minimum atomic E-state index is -1.13. The third kappa shape index (κ3) is 3.82. The molecule has 1 heterocycles. The zero-order valence-electron chi connectivity index (χ0n) is 12.4. The minimum absolute atomic E-state index is 0.118. The summed E-state index contributed by atoms with van der Waals surface area (Å²) in [4.78, 5) is 27.5. The van der Waals surface area contributed by atoms with Crippen LogP contribution >= 0.6 is 0 Å². The molecule has 0 radical (unpaired) electrons. The van der Waals surface area contributed by atoms with Gasteiger partial charge in [-0.1, -0.05) is 37.3 Å². The topological polar surface area (TPSA) is 60.9 Å². The van der Waals surface area contributed by atoms with Crippen molar-refractivity contribution in [3.8, 4) is 0 Å². The number of aliphatic hydroxyl groups excluding tert-OH is 1. The predicted molar refractivity (Wildman–Crippen MR) is 79.5 cm³/mol. The van der Waals surface area contributed by atoms with Gasteiger partial charge in [0.2, 0.25) is 5.91 Å². The first-order valence-electron chi connectivity index (χ1n) is 7.43. The Morgan fingerprint density at radius 3 is 2.38 bits per heavy atom. The van der Waals surface area contributed by atoms with E-state index in [1.165, 1.54) is 0 Å². The standard InChI is InChI=1S/C16H22N2O3/c1-2-14(19)17-9-6-10-18(12-11-17)16(21)15(20)13-7-4-3-5-8-13/h3-5,7-8,15,20H,2,6,9-12H2,1H3. The maximum Gasteiger partial charge on any atom is 0.256 e. The van der Waals surface area contributed by atoms with E-state index in [0.29, 0.717) is 38.2 Å². The minimum Gasteiger partial charge on any atom is -0.378 e. The molecule has 5 nitrogen and oxygen atoms in total. The second kappa shape index (κ2) is 7.22. The van der Waals surface area contributed by atoms with Gasteiger partial charge < -0.3 is 14.9 Å². The van der Waals surface area contributed by atoms with Crippen LogP contribution in [0.1, 0.15) is 31.4 Å². The van der Waals surface area contributed by atoms with Gasteiger partial charge in [0.25, 0.3) is 5.91 Å². The van der Waals surface area contributed by atoms with Crippen molar-refractivity contribution in [1.82, 2.24) is 9.80 Å². The molecule has 1 atom stereocenters. The molecule has 1 aromatic rings. The summed E-state index contributed by atoms with van der Waals surface area (Å²) in [6.07, 6.45) is 0.110. The fourth-order valence-electron chi connectivity index (χ4n) is 2.56. The highest BCUT2D eigenvalue weighted by Gasteiger charge is 2.26. The van der Waals surface area contributed by atoms with Crippen molar-refractivity contribution >= 4 is 11.8 Å². The van der Waals surface area contributed by atoms with Gasteiger partial charge in [0.05, 0.1) is 0 Å². The number of rotatable bonds is 3. The summed E-state index contributed by atoms with van der Waals surface area (Å²) in [5.74, 6) is -0.167. The molecule has 5 heteroatoms. The van der Waals surface area contributed by atoms with E-state index in [-0.39, 0.29) is 11.8 Å². The highest BCUT2D eigenvalue weighted by Crippen LogP contribution is 2.16. The van der Waals surface area contributed by atoms with E-state index in [4.69, 9.17) is 0 Å². The first-order chi connectivity index (χ1) is 10.1. The highest BCUT2D eigenvalue weighted by atomic mass is 16.3. The molecule has 0 spiro atoms. The van der Waals surface area contributed by atoms with Gasteiger partial charge >= 0.3 is 0 Å². The molecule has 0 bridgehead atoms. The number of carbonyl (C=O) groups excluding carboxylic acids is 2. The van der Waals surface area contributed by atoms with E-state index in [1.807, 2.05) is 13.0 Å². The zero-order valence-corrected chi connectivity index (χ0v) is 12.4. The fourth-order valence-corrected chi connectivity index (χ4v) is 2.56. The van der Waals surface area contributed by atoms with E-state index < -0.39 is 6.10 Å². The van der Waals surface area contributed by atoms with Crippen LogP contribution in [0, 0.1) is 0 Å². The SMILES string of the molecule is CCC(=O)N1CCCN(C(=O)C(O)c2ccccc2)CC1. The molecule has 1 aliphatic rings. The van der Waals surface area contributed by atoms with Gasteiger partial charge in [-0.3, -0.25) is 9.59 Å². The van der Waals surface area contributed by atoms with Gasteiger partial charge in [-0.15, -0.1) is 0 Å². The van der Waals surface area contributed by atoms with Crippen LogP contribution in [-0.2, 0) is 9.59 Å². The molecular formula is C16H22N2O3. The van der Waals surface area contributed by atoms with E-state index in [0.717, 1.165) is 6.42 Å². The summed E-state index contributed by atoms with van der Waals surface area (Å²) in [5.41, 5.74) is 0.605. The molecule has 114 valence electrons. The van der Waals surface area contributed by atoms with Crippen molar-refractivity contribution in [1.29, 1.82) is 0 Å². The molecule has 1 fully saturated rings. The summed E-state index contributed by atoms with van der Waals surface area (Å²) >= 11 is 0. The number of benzene rings is 1. The van der Waals surface area contributed by atoms with E-state index in [1.54, 1.807) is 34.1 Å². The van der Waals surface area contributed by atoms with E-state index in [9.17, 15) is 14.7 Å². The Labute approximate surface area is 125 Å². The lowest BCUT2D eigenvalue weighted by molar-refractivity contribution is -0.141. The maximum absolute atomic E-state index is 12.4. The summed E-state index contributed by atoms with van der Waals surface area (Å²) in [6, 6.07) is 8.94. The molecule has 2 amide bonds. The average Bonchev–Trinajstić information content (AvgIpc) is 2.79. The lowest BCUT2D eigenvalue weighted by Crippen LogP contribution is -2.39. The molecule has 0 aromatic heterocycles.